The van der Waals surface area contributed by atoms with Crippen molar-refractivity contribution >= 4 is 17.6 Å². The number of nitrogens with one attached hydrogen (secondary N) is 2. The van der Waals surface area contributed by atoms with Crippen molar-refractivity contribution in [2.75, 3.05) is 5.32 Å². The molecule has 0 saturated heterocycles. The predicted molar refractivity (Wildman–Crippen MR) is 71.7 cm³/mol. The SMILES string of the molecule is CCCc1nc(C(=O)Nc2ccc(C(=O)O)cc2)n[nH]1. The lowest BCUT2D eigenvalue weighted by Crippen LogP contribution is -2.14. The second-order valence-corrected chi connectivity index (χ2v) is 4.19. The predicted octanol–water partition coefficient (Wildman–Crippen LogP) is 1.71. The van der Waals surface area contributed by atoms with Crippen LogP contribution in [-0.2, 0) is 6.42 Å². The highest BCUT2D eigenvalue weighted by molar-refractivity contribution is 6.01. The largest absolute Gasteiger partial charge is 0.478 e. The van der Waals surface area contributed by atoms with E-state index in [0.29, 0.717) is 11.5 Å². The van der Waals surface area contributed by atoms with Gasteiger partial charge in [-0.05, 0) is 30.7 Å². The summed E-state index contributed by atoms with van der Waals surface area (Å²) in [6, 6.07) is 5.86. The molecule has 7 nitrogen and oxygen atoms in total. The number of aromatic carboxylic acids is 1. The van der Waals surface area contributed by atoms with Crippen LogP contribution in [0.5, 0.6) is 0 Å². The molecule has 104 valence electrons. The van der Waals surface area contributed by atoms with Gasteiger partial charge < -0.3 is 10.4 Å². The number of anilines is 1. The van der Waals surface area contributed by atoms with E-state index in [9.17, 15) is 9.59 Å². The normalized spacial score (nSPS) is 10.2. The summed E-state index contributed by atoms with van der Waals surface area (Å²) in [6.45, 7) is 2.01. The smallest absolute Gasteiger partial charge is 0.335 e. The van der Waals surface area contributed by atoms with Gasteiger partial charge in [0.15, 0.2) is 0 Å². The highest BCUT2D eigenvalue weighted by Crippen LogP contribution is 2.10. The topological polar surface area (TPSA) is 108 Å². The molecule has 1 aromatic heterocycles. The Morgan fingerprint density at radius 1 is 1.30 bits per heavy atom. The van der Waals surface area contributed by atoms with Gasteiger partial charge in [0.25, 0.3) is 5.91 Å². The Morgan fingerprint density at radius 3 is 2.60 bits per heavy atom. The van der Waals surface area contributed by atoms with Crippen molar-refractivity contribution in [3.05, 3.63) is 41.5 Å². The first-order valence-electron chi connectivity index (χ1n) is 6.16. The van der Waals surface area contributed by atoms with Gasteiger partial charge in [0.1, 0.15) is 5.82 Å². The number of hydrogen-bond acceptors (Lipinski definition) is 4. The molecule has 0 bridgehead atoms. The molecule has 0 spiro atoms. The lowest BCUT2D eigenvalue weighted by Gasteiger charge is -2.02. The van der Waals surface area contributed by atoms with Crippen LogP contribution < -0.4 is 5.32 Å². The minimum absolute atomic E-state index is 0.0655. The number of aromatic nitrogens is 3. The Hall–Kier alpha value is -2.70. The number of aromatic amines is 1. The van der Waals surface area contributed by atoms with Gasteiger partial charge in [0.05, 0.1) is 5.56 Å². The van der Waals surface area contributed by atoms with E-state index in [1.807, 2.05) is 6.92 Å². The van der Waals surface area contributed by atoms with Crippen molar-refractivity contribution in [2.24, 2.45) is 0 Å². The first-order valence-corrected chi connectivity index (χ1v) is 6.16. The number of H-pyrrole nitrogens is 1. The third kappa shape index (κ3) is 3.19. The number of carbonyl (C=O) groups is 2. The van der Waals surface area contributed by atoms with E-state index < -0.39 is 11.9 Å². The number of benzene rings is 1. The average Bonchev–Trinajstić information content (AvgIpc) is 2.88. The minimum Gasteiger partial charge on any atom is -0.478 e. The second kappa shape index (κ2) is 5.96. The molecule has 2 rings (SSSR count). The van der Waals surface area contributed by atoms with Crippen LogP contribution in [0.3, 0.4) is 0 Å². The summed E-state index contributed by atoms with van der Waals surface area (Å²) >= 11 is 0. The van der Waals surface area contributed by atoms with Gasteiger partial charge in [-0.2, -0.15) is 0 Å². The molecule has 1 heterocycles. The number of rotatable bonds is 5. The van der Waals surface area contributed by atoms with E-state index in [1.54, 1.807) is 0 Å². The molecular formula is C13H14N4O3. The highest BCUT2D eigenvalue weighted by Gasteiger charge is 2.12. The van der Waals surface area contributed by atoms with Gasteiger partial charge >= 0.3 is 5.97 Å². The fraction of sp³-hybridized carbons (Fsp3) is 0.231. The number of aryl methyl sites for hydroxylation is 1. The molecule has 0 unspecified atom stereocenters. The number of carbonyl (C=O) groups excluding carboxylic acids is 1. The molecule has 2 aromatic rings. The lowest BCUT2D eigenvalue weighted by atomic mass is 10.2. The van der Waals surface area contributed by atoms with Crippen LogP contribution in [0.2, 0.25) is 0 Å². The van der Waals surface area contributed by atoms with Gasteiger partial charge in [-0.15, -0.1) is 5.10 Å². The Bertz CT molecular complexity index is 619. The molecule has 0 atom stereocenters. The Labute approximate surface area is 115 Å². The third-order valence-electron chi connectivity index (χ3n) is 2.61. The molecule has 0 aliphatic heterocycles. The van der Waals surface area contributed by atoms with Crippen LogP contribution in [-0.4, -0.2) is 32.2 Å². The maximum Gasteiger partial charge on any atom is 0.335 e. The van der Waals surface area contributed by atoms with Gasteiger partial charge in [-0.25, -0.2) is 9.78 Å². The van der Waals surface area contributed by atoms with E-state index >= 15 is 0 Å². The number of amides is 1. The lowest BCUT2D eigenvalue weighted by molar-refractivity contribution is 0.0696. The van der Waals surface area contributed by atoms with Crippen molar-refractivity contribution in [1.82, 2.24) is 15.2 Å². The molecule has 0 saturated carbocycles. The molecule has 0 fully saturated rings. The first kappa shape index (κ1) is 13.7. The Balaban J connectivity index is 2.04. The van der Waals surface area contributed by atoms with E-state index in [-0.39, 0.29) is 11.4 Å². The van der Waals surface area contributed by atoms with Crippen molar-refractivity contribution in [2.45, 2.75) is 19.8 Å². The fourth-order valence-electron chi connectivity index (χ4n) is 1.63. The maximum atomic E-state index is 11.9. The van der Waals surface area contributed by atoms with Gasteiger partial charge in [0.2, 0.25) is 5.82 Å². The van der Waals surface area contributed by atoms with Crippen LogP contribution >= 0.6 is 0 Å². The Morgan fingerprint density at radius 2 is 2.00 bits per heavy atom. The van der Waals surface area contributed by atoms with E-state index in [0.717, 1.165) is 12.8 Å². The van der Waals surface area contributed by atoms with Crippen LogP contribution in [0.15, 0.2) is 24.3 Å². The average molecular weight is 274 g/mol. The third-order valence-corrected chi connectivity index (χ3v) is 2.61. The summed E-state index contributed by atoms with van der Waals surface area (Å²) in [4.78, 5) is 26.7. The van der Waals surface area contributed by atoms with E-state index in [1.165, 1.54) is 24.3 Å². The number of hydrogen-bond donors (Lipinski definition) is 3. The van der Waals surface area contributed by atoms with Crippen LogP contribution in [0.4, 0.5) is 5.69 Å². The summed E-state index contributed by atoms with van der Waals surface area (Å²) in [7, 11) is 0. The summed E-state index contributed by atoms with van der Waals surface area (Å²) in [5.41, 5.74) is 0.646. The van der Waals surface area contributed by atoms with Crippen LogP contribution in [0.1, 0.15) is 40.1 Å². The zero-order valence-corrected chi connectivity index (χ0v) is 10.9. The maximum absolute atomic E-state index is 11.9. The molecule has 0 aliphatic carbocycles. The molecule has 1 amide bonds. The van der Waals surface area contributed by atoms with Gasteiger partial charge in [-0.3, -0.25) is 9.89 Å². The van der Waals surface area contributed by atoms with Crippen molar-refractivity contribution < 1.29 is 14.7 Å². The van der Waals surface area contributed by atoms with Gasteiger partial charge in [0, 0.05) is 12.1 Å². The van der Waals surface area contributed by atoms with Crippen molar-refractivity contribution in [3.63, 3.8) is 0 Å². The van der Waals surface area contributed by atoms with Crippen molar-refractivity contribution in [3.8, 4) is 0 Å². The Kier molecular flexibility index (Phi) is 4.09. The van der Waals surface area contributed by atoms with Crippen molar-refractivity contribution in [1.29, 1.82) is 0 Å². The number of nitrogens with zero attached hydrogens (tertiary/aromatic N) is 2. The standard InChI is InChI=1S/C13H14N4O3/c1-2-3-10-15-11(17-16-10)12(18)14-9-6-4-8(5-7-9)13(19)20/h4-7H,2-3H2,1H3,(H,14,18)(H,19,20)(H,15,16,17). The first-order chi connectivity index (χ1) is 9.60. The van der Waals surface area contributed by atoms with E-state index in [2.05, 4.69) is 20.5 Å². The zero-order chi connectivity index (χ0) is 14.5. The fourth-order valence-corrected chi connectivity index (χ4v) is 1.63. The zero-order valence-electron chi connectivity index (χ0n) is 10.9. The molecular weight excluding hydrogens is 260 g/mol. The minimum atomic E-state index is -1.01. The molecule has 0 aliphatic rings. The van der Waals surface area contributed by atoms with E-state index in [4.69, 9.17) is 5.11 Å². The number of carboxylic acids is 1. The van der Waals surface area contributed by atoms with Crippen LogP contribution in [0, 0.1) is 0 Å². The van der Waals surface area contributed by atoms with Crippen LogP contribution in [0.25, 0.3) is 0 Å². The molecule has 20 heavy (non-hydrogen) atoms. The monoisotopic (exact) mass is 274 g/mol. The highest BCUT2D eigenvalue weighted by atomic mass is 16.4. The summed E-state index contributed by atoms with van der Waals surface area (Å²) in [5.74, 6) is -0.720. The molecule has 3 N–H and O–H groups in total. The molecule has 7 heteroatoms. The summed E-state index contributed by atoms with van der Waals surface area (Å²) in [6.07, 6.45) is 1.64. The summed E-state index contributed by atoms with van der Waals surface area (Å²) in [5, 5.41) is 17.9. The molecule has 1 aromatic carbocycles. The summed E-state index contributed by atoms with van der Waals surface area (Å²) < 4.78 is 0. The second-order valence-electron chi connectivity index (χ2n) is 4.19. The number of carboxylic acid groups (broad SMARTS) is 1. The quantitative estimate of drug-likeness (QED) is 0.769. The van der Waals surface area contributed by atoms with Gasteiger partial charge in [-0.1, -0.05) is 6.92 Å². The molecule has 0 radical (unpaired) electrons.